The largest absolute Gasteiger partial charge is 0.473 e. The molecule has 2 aromatic heterocycles. The maximum atomic E-state index is 12.7. The molecule has 4 heterocycles. The number of carbonyl (C=O) groups is 1. The highest BCUT2D eigenvalue weighted by Gasteiger charge is 2.33. The van der Waals surface area contributed by atoms with Crippen LogP contribution in [-0.4, -0.2) is 76.9 Å². The van der Waals surface area contributed by atoms with Crippen molar-refractivity contribution in [2.45, 2.75) is 44.5 Å². The second kappa shape index (κ2) is 9.76. The number of hydrogen-bond donors (Lipinski definition) is 1. The number of rotatable bonds is 7. The second-order valence-electron chi connectivity index (χ2n) is 10.6. The molecule has 2 saturated heterocycles. The Kier molecular flexibility index (Phi) is 6.41. The van der Waals surface area contributed by atoms with Gasteiger partial charge in [0.15, 0.2) is 0 Å². The van der Waals surface area contributed by atoms with Gasteiger partial charge in [0.05, 0.1) is 24.1 Å². The molecule has 0 spiro atoms. The van der Waals surface area contributed by atoms with Crippen molar-refractivity contribution in [3.63, 3.8) is 0 Å². The van der Waals surface area contributed by atoms with Gasteiger partial charge in [-0.3, -0.25) is 9.69 Å². The monoisotopic (exact) mass is 528 g/mol. The molecule has 1 saturated carbocycles. The molecule has 1 unspecified atom stereocenters. The number of hydrogen-bond acceptors (Lipinski definition) is 6. The van der Waals surface area contributed by atoms with E-state index in [-0.39, 0.29) is 17.9 Å². The predicted octanol–water partition coefficient (Wildman–Crippen LogP) is 4.02. The van der Waals surface area contributed by atoms with Crippen molar-refractivity contribution in [1.29, 1.82) is 0 Å². The number of piperazine rings is 1. The minimum atomic E-state index is -4.17. The number of alkyl halides is 3. The number of halogens is 3. The smallest absolute Gasteiger partial charge is 0.401 e. The summed E-state index contributed by atoms with van der Waals surface area (Å²) >= 11 is 0. The lowest BCUT2D eigenvalue weighted by atomic mass is 10.0. The Labute approximate surface area is 218 Å². The average molecular weight is 529 g/mol. The number of fused-ring (bicyclic) bond motifs is 1. The minimum Gasteiger partial charge on any atom is -0.473 e. The second-order valence-corrected chi connectivity index (χ2v) is 10.6. The molecule has 3 aliphatic rings. The number of aromatic nitrogens is 3. The lowest BCUT2D eigenvalue weighted by Gasteiger charge is -2.36. The molecule has 2 atom stereocenters. The van der Waals surface area contributed by atoms with Crippen LogP contribution in [0.5, 0.6) is 5.88 Å². The fraction of sp³-hybridized carbons (Fsp3) is 0.519. The summed E-state index contributed by atoms with van der Waals surface area (Å²) in [7, 11) is 0. The highest BCUT2D eigenvalue weighted by molar-refractivity contribution is 5.85. The molecular formula is C27H31F3N6O2. The van der Waals surface area contributed by atoms with E-state index >= 15 is 0 Å². The SMILES string of the molecule is C[C@@H](Oc1nc(-c2ccc(N3CCN(CC(F)(F)F)CC3)cc2)cc2ncn(C3CC3)c12)C1CNC(=O)C1. The van der Waals surface area contributed by atoms with Gasteiger partial charge in [-0.2, -0.15) is 13.2 Å². The number of nitrogens with zero attached hydrogens (tertiary/aromatic N) is 5. The van der Waals surface area contributed by atoms with Gasteiger partial charge in [-0.25, -0.2) is 9.97 Å². The molecule has 3 aromatic rings. The number of nitrogens with one attached hydrogen (secondary N) is 1. The Hall–Kier alpha value is -3.34. The Morgan fingerprint density at radius 1 is 1.13 bits per heavy atom. The number of amides is 1. The first-order valence-electron chi connectivity index (χ1n) is 13.2. The summed E-state index contributed by atoms with van der Waals surface area (Å²) in [6.45, 7) is 3.57. The zero-order valence-electron chi connectivity index (χ0n) is 21.2. The number of benzene rings is 1. The van der Waals surface area contributed by atoms with Crippen LogP contribution in [-0.2, 0) is 4.79 Å². The topological polar surface area (TPSA) is 75.5 Å². The summed E-state index contributed by atoms with van der Waals surface area (Å²) in [5, 5.41) is 2.88. The number of ether oxygens (including phenoxy) is 1. The average Bonchev–Trinajstić information content (AvgIpc) is 3.48. The van der Waals surface area contributed by atoms with Crippen molar-refractivity contribution in [3.05, 3.63) is 36.7 Å². The normalized spacial score (nSPS) is 21.6. The molecule has 6 rings (SSSR count). The van der Waals surface area contributed by atoms with E-state index in [1.54, 1.807) is 0 Å². The van der Waals surface area contributed by atoms with Gasteiger partial charge in [0.2, 0.25) is 11.8 Å². The Morgan fingerprint density at radius 2 is 1.87 bits per heavy atom. The summed E-state index contributed by atoms with van der Waals surface area (Å²) in [6, 6.07) is 10.3. The van der Waals surface area contributed by atoms with Gasteiger partial charge in [-0.1, -0.05) is 12.1 Å². The maximum Gasteiger partial charge on any atom is 0.401 e. The maximum absolute atomic E-state index is 12.7. The zero-order valence-corrected chi connectivity index (χ0v) is 21.2. The summed E-state index contributed by atoms with van der Waals surface area (Å²) in [6.07, 6.45) is 0.147. The number of anilines is 1. The highest BCUT2D eigenvalue weighted by atomic mass is 19.4. The molecule has 3 fully saturated rings. The fourth-order valence-electron chi connectivity index (χ4n) is 5.38. The van der Waals surface area contributed by atoms with Gasteiger partial charge in [0.25, 0.3) is 0 Å². The first kappa shape index (κ1) is 25.0. The van der Waals surface area contributed by atoms with Gasteiger partial charge >= 0.3 is 6.18 Å². The van der Waals surface area contributed by atoms with Crippen molar-refractivity contribution in [1.82, 2.24) is 24.8 Å². The van der Waals surface area contributed by atoms with Crippen LogP contribution < -0.4 is 15.0 Å². The Morgan fingerprint density at radius 3 is 2.50 bits per heavy atom. The molecule has 0 radical (unpaired) electrons. The standard InChI is InChI=1S/C27H31F3N6O2/c1-17(19-12-24(37)31-14-19)38-26-25-23(32-16-36(25)21-6-7-21)13-22(33-26)18-2-4-20(5-3-18)35-10-8-34(9-11-35)15-27(28,29)30/h2-5,13,16-17,19,21H,6-12,14-15H2,1H3,(H,31,37)/t17-,19?/m1/s1. The summed E-state index contributed by atoms with van der Waals surface area (Å²) in [5.41, 5.74) is 4.32. The molecule has 1 aliphatic carbocycles. The third-order valence-electron chi connectivity index (χ3n) is 7.73. The summed E-state index contributed by atoms with van der Waals surface area (Å²) in [4.78, 5) is 24.9. The van der Waals surface area contributed by atoms with Crippen LogP contribution in [0.25, 0.3) is 22.3 Å². The first-order valence-corrected chi connectivity index (χ1v) is 13.2. The third kappa shape index (κ3) is 5.29. The van der Waals surface area contributed by atoms with Crippen molar-refractivity contribution in [3.8, 4) is 17.1 Å². The molecule has 1 amide bonds. The molecule has 1 N–H and O–H groups in total. The van der Waals surface area contributed by atoms with Gasteiger partial charge in [-0.05, 0) is 38.0 Å². The van der Waals surface area contributed by atoms with Crippen LogP contribution >= 0.6 is 0 Å². The van der Waals surface area contributed by atoms with Crippen molar-refractivity contribution in [2.24, 2.45) is 5.92 Å². The van der Waals surface area contributed by atoms with E-state index in [0.717, 1.165) is 40.8 Å². The molecule has 38 heavy (non-hydrogen) atoms. The number of imidazole rings is 1. The number of carbonyl (C=O) groups excluding carboxylic acids is 1. The van der Waals surface area contributed by atoms with Crippen LogP contribution in [0.3, 0.4) is 0 Å². The molecule has 1 aromatic carbocycles. The van der Waals surface area contributed by atoms with Gasteiger partial charge in [0, 0.05) is 62.4 Å². The van der Waals surface area contributed by atoms with E-state index in [9.17, 15) is 18.0 Å². The fourth-order valence-corrected chi connectivity index (χ4v) is 5.38. The van der Waals surface area contributed by atoms with Crippen LogP contribution in [0.15, 0.2) is 36.7 Å². The third-order valence-corrected chi connectivity index (χ3v) is 7.73. The van der Waals surface area contributed by atoms with Crippen LogP contribution in [0.2, 0.25) is 0 Å². The lowest BCUT2D eigenvalue weighted by molar-refractivity contribution is -0.146. The molecule has 2 aliphatic heterocycles. The van der Waals surface area contributed by atoms with Crippen LogP contribution in [0, 0.1) is 5.92 Å². The molecular weight excluding hydrogens is 497 g/mol. The van der Waals surface area contributed by atoms with Crippen molar-refractivity contribution >= 4 is 22.6 Å². The van der Waals surface area contributed by atoms with Gasteiger partial charge < -0.3 is 19.5 Å². The van der Waals surface area contributed by atoms with E-state index in [2.05, 4.69) is 19.8 Å². The van der Waals surface area contributed by atoms with E-state index in [1.165, 1.54) is 4.90 Å². The Balaban J connectivity index is 1.23. The predicted molar refractivity (Wildman–Crippen MR) is 137 cm³/mol. The van der Waals surface area contributed by atoms with E-state index < -0.39 is 12.7 Å². The van der Waals surface area contributed by atoms with Crippen LogP contribution in [0.1, 0.15) is 32.2 Å². The van der Waals surface area contributed by atoms with Crippen molar-refractivity contribution in [2.75, 3.05) is 44.2 Å². The highest BCUT2D eigenvalue weighted by Crippen LogP contribution is 2.40. The van der Waals surface area contributed by atoms with Crippen LogP contribution in [0.4, 0.5) is 18.9 Å². The van der Waals surface area contributed by atoms with E-state index in [1.807, 2.05) is 43.6 Å². The molecule has 0 bridgehead atoms. The quantitative estimate of drug-likeness (QED) is 0.500. The molecule has 202 valence electrons. The summed E-state index contributed by atoms with van der Waals surface area (Å²) < 4.78 is 46.7. The minimum absolute atomic E-state index is 0.0437. The van der Waals surface area contributed by atoms with Crippen molar-refractivity contribution < 1.29 is 22.7 Å². The zero-order chi connectivity index (χ0) is 26.4. The Bertz CT molecular complexity index is 1310. The lowest BCUT2D eigenvalue weighted by Crippen LogP contribution is -2.49. The van der Waals surface area contributed by atoms with Gasteiger partial charge in [0.1, 0.15) is 11.6 Å². The van der Waals surface area contributed by atoms with E-state index in [4.69, 9.17) is 9.72 Å². The number of pyridine rings is 1. The molecule has 8 nitrogen and oxygen atoms in total. The van der Waals surface area contributed by atoms with Gasteiger partial charge in [-0.15, -0.1) is 0 Å². The van der Waals surface area contributed by atoms with E-state index in [0.29, 0.717) is 51.1 Å². The first-order chi connectivity index (χ1) is 18.2. The molecule has 11 heteroatoms. The summed E-state index contributed by atoms with van der Waals surface area (Å²) in [5.74, 6) is 0.650.